The number of alkyl halides is 4. The largest absolute Gasteiger partial charge is 0.416 e. The van der Waals surface area contributed by atoms with E-state index in [-0.39, 0.29) is 12.3 Å². The number of carbonyl (C=O) groups excluding carboxylic acids is 1. The minimum absolute atomic E-state index is 0.0270. The highest BCUT2D eigenvalue weighted by molar-refractivity contribution is 6.18. The van der Waals surface area contributed by atoms with Crippen LogP contribution in [-0.2, 0) is 11.0 Å². The van der Waals surface area contributed by atoms with Gasteiger partial charge in [-0.3, -0.25) is 4.79 Å². The van der Waals surface area contributed by atoms with Crippen LogP contribution in [0.4, 0.5) is 23.2 Å². The Morgan fingerprint density at radius 2 is 2.00 bits per heavy atom. The van der Waals surface area contributed by atoms with Gasteiger partial charge in [0, 0.05) is 12.3 Å². The van der Waals surface area contributed by atoms with Crippen LogP contribution in [0.2, 0.25) is 0 Å². The van der Waals surface area contributed by atoms with Crippen molar-refractivity contribution in [3.05, 3.63) is 29.6 Å². The van der Waals surface area contributed by atoms with Gasteiger partial charge in [0.25, 0.3) is 0 Å². The molecule has 0 radical (unpaired) electrons. The highest BCUT2D eigenvalue weighted by Crippen LogP contribution is 2.31. The molecule has 0 saturated heterocycles. The molecule has 0 aromatic heterocycles. The maximum absolute atomic E-state index is 13.2. The Kier molecular flexibility index (Phi) is 4.95. The van der Waals surface area contributed by atoms with E-state index in [2.05, 4.69) is 5.32 Å². The van der Waals surface area contributed by atoms with Gasteiger partial charge in [0.1, 0.15) is 5.82 Å². The average Bonchev–Trinajstić information content (AvgIpc) is 2.28. The van der Waals surface area contributed by atoms with Crippen LogP contribution >= 0.6 is 11.6 Å². The predicted octanol–water partition coefficient (Wildman–Crippen LogP) is 3.80. The molecule has 0 aliphatic rings. The standard InChI is InChI=1S/C11H10ClF4NO/c12-5-1-2-10(18)17-9-6-7(11(14,15)16)3-4-8(9)13/h3-4,6H,1-2,5H2,(H,17,18). The summed E-state index contributed by atoms with van der Waals surface area (Å²) in [4.78, 5) is 11.3. The summed E-state index contributed by atoms with van der Waals surface area (Å²) < 4.78 is 50.4. The number of carbonyl (C=O) groups is 1. The quantitative estimate of drug-likeness (QED) is 0.661. The van der Waals surface area contributed by atoms with Crippen LogP contribution in [0.3, 0.4) is 0 Å². The summed E-state index contributed by atoms with van der Waals surface area (Å²) in [6, 6.07) is 1.84. The molecule has 0 atom stereocenters. The first kappa shape index (κ1) is 14.8. The maximum Gasteiger partial charge on any atom is 0.416 e. The van der Waals surface area contributed by atoms with E-state index in [0.717, 1.165) is 0 Å². The molecule has 1 amide bonds. The fourth-order valence-corrected chi connectivity index (χ4v) is 1.37. The molecule has 0 unspecified atom stereocenters. The Morgan fingerprint density at radius 3 is 2.56 bits per heavy atom. The molecule has 1 N–H and O–H groups in total. The SMILES string of the molecule is O=C(CCCCl)Nc1cc(C(F)(F)F)ccc1F. The first-order valence-corrected chi connectivity index (χ1v) is 5.60. The van der Waals surface area contributed by atoms with E-state index in [1.165, 1.54) is 0 Å². The smallest absolute Gasteiger partial charge is 0.324 e. The monoisotopic (exact) mass is 283 g/mol. The van der Waals surface area contributed by atoms with Gasteiger partial charge in [-0.05, 0) is 24.6 Å². The van der Waals surface area contributed by atoms with Gasteiger partial charge in [0.2, 0.25) is 5.91 Å². The molecule has 7 heteroatoms. The molecule has 2 nitrogen and oxygen atoms in total. The molecule has 0 aliphatic heterocycles. The number of anilines is 1. The summed E-state index contributed by atoms with van der Waals surface area (Å²) >= 11 is 5.36. The molecular formula is C11H10ClF4NO. The van der Waals surface area contributed by atoms with Gasteiger partial charge < -0.3 is 5.32 Å². The third-order valence-corrected chi connectivity index (χ3v) is 2.37. The van der Waals surface area contributed by atoms with Crippen LogP contribution in [0.5, 0.6) is 0 Å². The van der Waals surface area contributed by atoms with E-state index in [4.69, 9.17) is 11.6 Å². The van der Waals surface area contributed by atoms with Crippen molar-refractivity contribution < 1.29 is 22.4 Å². The molecule has 0 fully saturated rings. The van der Waals surface area contributed by atoms with Crippen LogP contribution in [0.1, 0.15) is 18.4 Å². The van der Waals surface area contributed by atoms with Crippen molar-refractivity contribution in [3.8, 4) is 0 Å². The van der Waals surface area contributed by atoms with Crippen molar-refractivity contribution in [2.45, 2.75) is 19.0 Å². The lowest BCUT2D eigenvalue weighted by Crippen LogP contribution is -2.14. The van der Waals surface area contributed by atoms with Crippen molar-refractivity contribution >= 4 is 23.2 Å². The first-order valence-electron chi connectivity index (χ1n) is 5.07. The molecule has 1 aromatic rings. The number of hydrogen-bond acceptors (Lipinski definition) is 1. The van der Waals surface area contributed by atoms with E-state index in [1.54, 1.807) is 0 Å². The maximum atomic E-state index is 13.2. The second-order valence-corrected chi connectivity index (χ2v) is 3.91. The van der Waals surface area contributed by atoms with Gasteiger partial charge in [-0.2, -0.15) is 13.2 Å². The van der Waals surface area contributed by atoms with E-state index >= 15 is 0 Å². The highest BCUT2D eigenvalue weighted by Gasteiger charge is 2.31. The Balaban J connectivity index is 2.85. The summed E-state index contributed by atoms with van der Waals surface area (Å²) in [7, 11) is 0. The van der Waals surface area contributed by atoms with Crippen molar-refractivity contribution in [1.29, 1.82) is 0 Å². The molecule has 18 heavy (non-hydrogen) atoms. The van der Waals surface area contributed by atoms with Crippen LogP contribution in [0, 0.1) is 5.82 Å². The molecule has 100 valence electrons. The third-order valence-electron chi connectivity index (χ3n) is 2.11. The summed E-state index contributed by atoms with van der Waals surface area (Å²) in [5, 5.41) is 2.08. The summed E-state index contributed by atoms with van der Waals surface area (Å²) in [6.45, 7) is 0. The molecule has 0 heterocycles. The second kappa shape index (κ2) is 6.04. The van der Waals surface area contributed by atoms with Crippen LogP contribution in [0.15, 0.2) is 18.2 Å². The number of nitrogens with one attached hydrogen (secondary N) is 1. The zero-order chi connectivity index (χ0) is 13.8. The summed E-state index contributed by atoms with van der Waals surface area (Å²) in [5.74, 6) is -1.24. The number of hydrogen-bond donors (Lipinski definition) is 1. The van der Waals surface area contributed by atoms with Crippen LogP contribution < -0.4 is 5.32 Å². The van der Waals surface area contributed by atoms with E-state index < -0.39 is 29.2 Å². The van der Waals surface area contributed by atoms with Crippen molar-refractivity contribution in [2.24, 2.45) is 0 Å². The molecule has 1 rings (SSSR count). The van der Waals surface area contributed by atoms with Crippen molar-refractivity contribution in [2.75, 3.05) is 11.2 Å². The number of rotatable bonds is 4. The summed E-state index contributed by atoms with van der Waals surface area (Å²) in [6.07, 6.45) is -4.18. The van der Waals surface area contributed by atoms with E-state index in [1.807, 2.05) is 0 Å². The van der Waals surface area contributed by atoms with Gasteiger partial charge in [0.15, 0.2) is 0 Å². The Hall–Kier alpha value is -1.30. The average molecular weight is 284 g/mol. The topological polar surface area (TPSA) is 29.1 Å². The first-order chi connectivity index (χ1) is 8.34. The van der Waals surface area contributed by atoms with Gasteiger partial charge in [-0.25, -0.2) is 4.39 Å². The van der Waals surface area contributed by atoms with E-state index in [9.17, 15) is 22.4 Å². The fraction of sp³-hybridized carbons (Fsp3) is 0.364. The normalized spacial score (nSPS) is 11.4. The number of benzene rings is 1. The predicted molar refractivity (Wildman–Crippen MR) is 60.0 cm³/mol. The number of halogens is 5. The van der Waals surface area contributed by atoms with E-state index in [0.29, 0.717) is 24.6 Å². The zero-order valence-electron chi connectivity index (χ0n) is 9.15. The minimum atomic E-state index is -4.58. The lowest BCUT2D eigenvalue weighted by molar-refractivity contribution is -0.137. The summed E-state index contributed by atoms with van der Waals surface area (Å²) in [5.41, 5.74) is -1.50. The van der Waals surface area contributed by atoms with Crippen LogP contribution in [0.25, 0.3) is 0 Å². The molecule has 0 spiro atoms. The van der Waals surface area contributed by atoms with Gasteiger partial charge in [0.05, 0.1) is 11.3 Å². The molecular weight excluding hydrogens is 274 g/mol. The molecule has 0 aliphatic carbocycles. The molecule has 0 bridgehead atoms. The van der Waals surface area contributed by atoms with Crippen molar-refractivity contribution in [3.63, 3.8) is 0 Å². The Bertz CT molecular complexity index is 434. The van der Waals surface area contributed by atoms with Gasteiger partial charge >= 0.3 is 6.18 Å². The molecule has 0 saturated carbocycles. The lowest BCUT2D eigenvalue weighted by atomic mass is 10.2. The number of amides is 1. The van der Waals surface area contributed by atoms with Crippen molar-refractivity contribution in [1.82, 2.24) is 0 Å². The van der Waals surface area contributed by atoms with Gasteiger partial charge in [-0.1, -0.05) is 0 Å². The second-order valence-electron chi connectivity index (χ2n) is 3.53. The lowest BCUT2D eigenvalue weighted by Gasteiger charge is -2.10. The van der Waals surface area contributed by atoms with Gasteiger partial charge in [-0.15, -0.1) is 11.6 Å². The highest BCUT2D eigenvalue weighted by atomic mass is 35.5. The third kappa shape index (κ3) is 4.18. The Morgan fingerprint density at radius 1 is 1.33 bits per heavy atom. The minimum Gasteiger partial charge on any atom is -0.324 e. The molecule has 1 aromatic carbocycles. The fourth-order valence-electron chi connectivity index (χ4n) is 1.24. The Labute approximate surface area is 106 Å². The van der Waals surface area contributed by atoms with Crippen LogP contribution in [-0.4, -0.2) is 11.8 Å². The zero-order valence-corrected chi connectivity index (χ0v) is 9.91.